The predicted molar refractivity (Wildman–Crippen MR) is 153 cm³/mol. The van der Waals surface area contributed by atoms with Gasteiger partial charge >= 0.3 is 0 Å². The van der Waals surface area contributed by atoms with Gasteiger partial charge in [-0.3, -0.25) is 29.4 Å². The van der Waals surface area contributed by atoms with E-state index >= 15 is 4.39 Å². The summed E-state index contributed by atoms with van der Waals surface area (Å²) in [4.78, 5) is 55.2. The molecule has 2 unspecified atom stereocenters. The van der Waals surface area contributed by atoms with Gasteiger partial charge in [-0.15, -0.1) is 8.61 Å². The maximum absolute atomic E-state index is 15.3. The Hall–Kier alpha value is -2.62. The first-order chi connectivity index (χ1) is 20.2. The van der Waals surface area contributed by atoms with Gasteiger partial charge in [-0.2, -0.15) is 0 Å². The predicted octanol–water partition coefficient (Wildman–Crippen LogP) is 0.0627. The molecule has 42 heavy (non-hydrogen) atoms. The highest BCUT2D eigenvalue weighted by Gasteiger charge is 2.45. The zero-order valence-electron chi connectivity index (χ0n) is 23.6. The summed E-state index contributed by atoms with van der Waals surface area (Å²) in [6.45, 7) is 6.99. The minimum Gasteiger partial charge on any atom is -0.578 e. The van der Waals surface area contributed by atoms with Gasteiger partial charge in [-0.25, -0.2) is 4.39 Å². The highest BCUT2D eigenvalue weighted by atomic mass is 32.2. The molecule has 14 heteroatoms. The summed E-state index contributed by atoms with van der Waals surface area (Å²) in [6.07, 6.45) is 3.59. The van der Waals surface area contributed by atoms with Crippen molar-refractivity contribution in [3.05, 3.63) is 29.1 Å². The summed E-state index contributed by atoms with van der Waals surface area (Å²) in [7, 11) is 0. The smallest absolute Gasteiger partial charge is 0.262 e. The Labute approximate surface area is 247 Å². The first kappa shape index (κ1) is 29.5. The zero-order valence-corrected chi connectivity index (χ0v) is 24.5. The topological polar surface area (TPSA) is 146 Å². The molecule has 2 atom stereocenters. The maximum atomic E-state index is 15.3. The molecule has 5 heterocycles. The molecular weight excluding hydrogens is 565 g/mol. The van der Waals surface area contributed by atoms with E-state index in [4.69, 9.17) is 5.73 Å². The van der Waals surface area contributed by atoms with E-state index in [0.717, 1.165) is 82.5 Å². The molecule has 1 aromatic carbocycles. The van der Waals surface area contributed by atoms with Crippen LogP contribution in [-0.2, 0) is 21.1 Å². The standard InChI is InChI=1S/C28H38FN7O5S/c29-22-15-20-21(28(40)36(27(20)39)23-1-2-25(37)31-26(23)38)16-24(22)33-7-3-18(4-8-33)17-32-11-13-35(14-12-32)42(41)34-9-5-19(30)6-10-34/h15-16,18-19,23H,1-14,17,30H2,(H,31,37,38). The largest absolute Gasteiger partial charge is 0.578 e. The summed E-state index contributed by atoms with van der Waals surface area (Å²) in [5, 5.41) is 2.17. The molecule has 4 saturated heterocycles. The lowest BCUT2D eigenvalue weighted by atomic mass is 9.95. The highest BCUT2D eigenvalue weighted by Crippen LogP contribution is 2.34. The van der Waals surface area contributed by atoms with Crippen LogP contribution in [0.2, 0.25) is 0 Å². The third-order valence-corrected chi connectivity index (χ3v) is 10.9. The van der Waals surface area contributed by atoms with Gasteiger partial charge in [0.1, 0.15) is 23.4 Å². The monoisotopic (exact) mass is 603 g/mol. The van der Waals surface area contributed by atoms with E-state index in [9.17, 15) is 23.7 Å². The highest BCUT2D eigenvalue weighted by molar-refractivity contribution is 7.86. The van der Waals surface area contributed by atoms with E-state index in [1.807, 2.05) is 9.21 Å². The molecule has 228 valence electrons. The first-order valence-electron chi connectivity index (χ1n) is 14.9. The molecule has 4 fully saturated rings. The van der Waals surface area contributed by atoms with Crippen LogP contribution in [0, 0.1) is 11.7 Å². The number of hydrogen-bond acceptors (Lipinski definition) is 10. The maximum Gasteiger partial charge on any atom is 0.262 e. The third-order valence-electron chi connectivity index (χ3n) is 9.25. The fraction of sp³-hybridized carbons (Fsp3) is 0.643. The lowest BCUT2D eigenvalue weighted by Crippen LogP contribution is -2.55. The number of fused-ring (bicyclic) bond motifs is 1. The number of piperazine rings is 1. The number of nitrogens with two attached hydrogens (primary N) is 1. The van der Waals surface area contributed by atoms with Crippen LogP contribution in [0.1, 0.15) is 59.2 Å². The summed E-state index contributed by atoms with van der Waals surface area (Å²) < 4.78 is 32.3. The van der Waals surface area contributed by atoms with Gasteiger partial charge in [0.2, 0.25) is 11.8 Å². The van der Waals surface area contributed by atoms with Crippen molar-refractivity contribution >= 4 is 40.9 Å². The van der Waals surface area contributed by atoms with E-state index in [0.29, 0.717) is 19.0 Å². The number of amides is 4. The summed E-state index contributed by atoms with van der Waals surface area (Å²) in [6, 6.07) is 1.67. The summed E-state index contributed by atoms with van der Waals surface area (Å²) in [5.74, 6) is -2.60. The third kappa shape index (κ3) is 5.80. The number of benzene rings is 1. The molecule has 0 aromatic heterocycles. The number of nitrogens with one attached hydrogen (secondary N) is 1. The summed E-state index contributed by atoms with van der Waals surface area (Å²) in [5.41, 5.74) is 6.31. The molecule has 0 saturated carbocycles. The SMILES string of the molecule is NC1CCN([S+]([O-])N2CCN(CC3CCN(c4cc5c(cc4F)C(=O)N(C4CCC(=O)NC4=O)C5=O)CC3)CC2)CC1. The molecule has 0 radical (unpaired) electrons. The molecule has 3 N–H and O–H groups in total. The number of anilines is 1. The molecule has 12 nitrogen and oxygen atoms in total. The Bertz CT molecular complexity index is 1250. The van der Waals surface area contributed by atoms with Crippen molar-refractivity contribution in [1.82, 2.24) is 23.7 Å². The van der Waals surface area contributed by atoms with Crippen molar-refractivity contribution < 1.29 is 28.1 Å². The Morgan fingerprint density at radius 3 is 2.12 bits per heavy atom. The van der Waals surface area contributed by atoms with Gasteiger partial charge in [-0.05, 0) is 50.2 Å². The van der Waals surface area contributed by atoms with Gasteiger partial charge in [0.15, 0.2) is 0 Å². The number of imide groups is 2. The minimum atomic E-state index is -1.11. The Morgan fingerprint density at radius 1 is 0.857 bits per heavy atom. The average Bonchev–Trinajstić information content (AvgIpc) is 3.22. The fourth-order valence-corrected chi connectivity index (χ4v) is 8.03. The van der Waals surface area contributed by atoms with E-state index in [1.54, 1.807) is 0 Å². The molecule has 5 aliphatic heterocycles. The number of nitrogens with zero attached hydrogens (tertiary/aromatic N) is 5. The number of hydrogen-bond donors (Lipinski definition) is 2. The summed E-state index contributed by atoms with van der Waals surface area (Å²) >= 11 is -1.11. The Balaban J connectivity index is 1.01. The van der Waals surface area contributed by atoms with Crippen LogP contribution in [0.25, 0.3) is 0 Å². The lowest BCUT2D eigenvalue weighted by molar-refractivity contribution is -0.136. The van der Waals surface area contributed by atoms with E-state index in [-0.39, 0.29) is 35.7 Å². The van der Waals surface area contributed by atoms with E-state index in [1.165, 1.54) is 6.07 Å². The molecule has 0 aliphatic carbocycles. The van der Waals surface area contributed by atoms with Gasteiger partial charge in [0.25, 0.3) is 11.8 Å². The second kappa shape index (κ2) is 12.2. The second-order valence-corrected chi connectivity index (χ2v) is 13.4. The number of rotatable bonds is 6. The number of carbonyl (C=O) groups is 4. The van der Waals surface area contributed by atoms with Crippen LogP contribution < -0.4 is 16.0 Å². The van der Waals surface area contributed by atoms with Crippen molar-refractivity contribution in [1.29, 1.82) is 0 Å². The van der Waals surface area contributed by atoms with Crippen LogP contribution in [0.3, 0.4) is 0 Å². The molecule has 0 bridgehead atoms. The first-order valence-corrected chi connectivity index (χ1v) is 16.0. The van der Waals surface area contributed by atoms with Crippen molar-refractivity contribution in [2.45, 2.75) is 50.6 Å². The zero-order chi connectivity index (χ0) is 29.5. The number of piperidine rings is 3. The van der Waals surface area contributed by atoms with Crippen molar-refractivity contribution in [2.24, 2.45) is 11.7 Å². The molecule has 6 rings (SSSR count). The quantitative estimate of drug-likeness (QED) is 0.338. The number of carbonyl (C=O) groups excluding carboxylic acids is 4. The van der Waals surface area contributed by atoms with E-state index < -0.39 is 47.0 Å². The fourth-order valence-electron chi connectivity index (χ4n) is 6.71. The van der Waals surface area contributed by atoms with Crippen molar-refractivity contribution in [3.8, 4) is 0 Å². The van der Waals surface area contributed by atoms with Crippen molar-refractivity contribution in [3.63, 3.8) is 0 Å². The molecule has 1 aromatic rings. The molecular formula is C28H38FN7O5S. The molecule has 5 aliphatic rings. The van der Waals surface area contributed by atoms with Gasteiger partial charge in [-0.1, -0.05) is 0 Å². The van der Waals surface area contributed by atoms with Crippen LogP contribution in [0.4, 0.5) is 10.1 Å². The normalized spacial score (nSPS) is 26.6. The molecule has 4 amide bonds. The van der Waals surface area contributed by atoms with Gasteiger partial charge in [0, 0.05) is 58.3 Å². The Kier molecular flexibility index (Phi) is 8.53. The number of halogens is 1. The minimum absolute atomic E-state index is 0.0295. The van der Waals surface area contributed by atoms with E-state index in [2.05, 4.69) is 14.5 Å². The van der Waals surface area contributed by atoms with Crippen LogP contribution in [-0.4, -0.2) is 118 Å². The van der Waals surface area contributed by atoms with Crippen LogP contribution in [0.5, 0.6) is 0 Å². The second-order valence-electron chi connectivity index (χ2n) is 12.0. The Morgan fingerprint density at radius 2 is 1.48 bits per heavy atom. The average molecular weight is 604 g/mol. The van der Waals surface area contributed by atoms with Crippen LogP contribution >= 0.6 is 0 Å². The molecule has 0 spiro atoms. The van der Waals surface area contributed by atoms with Gasteiger partial charge < -0.3 is 20.1 Å². The van der Waals surface area contributed by atoms with Gasteiger partial charge in [0.05, 0.1) is 29.9 Å². The van der Waals surface area contributed by atoms with Crippen LogP contribution in [0.15, 0.2) is 12.1 Å². The van der Waals surface area contributed by atoms with Crippen molar-refractivity contribution in [2.75, 3.05) is 63.8 Å². The lowest BCUT2D eigenvalue weighted by Gasteiger charge is -2.40.